The lowest BCUT2D eigenvalue weighted by atomic mass is 9.96. The molecule has 2 unspecified atom stereocenters. The van der Waals surface area contributed by atoms with Gasteiger partial charge in [0.25, 0.3) is 0 Å². The summed E-state index contributed by atoms with van der Waals surface area (Å²) in [5, 5.41) is 12.5. The summed E-state index contributed by atoms with van der Waals surface area (Å²) in [5.74, 6) is 0.681. The predicted octanol–water partition coefficient (Wildman–Crippen LogP) is 1.93. The van der Waals surface area contributed by atoms with E-state index < -0.39 is 5.97 Å². The Morgan fingerprint density at radius 1 is 1.24 bits per heavy atom. The summed E-state index contributed by atoms with van der Waals surface area (Å²) in [4.78, 5) is 12.7. The van der Waals surface area contributed by atoms with Gasteiger partial charge in [0.2, 0.25) is 0 Å². The molecule has 2 aliphatic rings. The zero-order chi connectivity index (χ0) is 14.7. The lowest BCUT2D eigenvalue weighted by molar-refractivity contribution is -0.138. The number of carbonyl (C=O) groups is 1. The highest BCUT2D eigenvalue weighted by atomic mass is 16.4. The standard InChI is InChI=1S/C17H24N2O2/c20-17(21)12-19-8-6-13(7-9-19)11-18-16-10-15(16)14-4-2-1-3-5-14/h1-5,13,15-16,18H,6-12H2,(H,20,21). The monoisotopic (exact) mass is 288 g/mol. The Labute approximate surface area is 126 Å². The molecular weight excluding hydrogens is 264 g/mol. The molecule has 2 atom stereocenters. The third kappa shape index (κ3) is 4.05. The van der Waals surface area contributed by atoms with Gasteiger partial charge in [-0.25, -0.2) is 0 Å². The van der Waals surface area contributed by atoms with Gasteiger partial charge in [-0.2, -0.15) is 0 Å². The fourth-order valence-corrected chi connectivity index (χ4v) is 3.35. The second kappa shape index (κ2) is 6.58. The fraction of sp³-hybridized carbons (Fsp3) is 0.588. The lowest BCUT2D eigenvalue weighted by Gasteiger charge is -2.30. The van der Waals surface area contributed by atoms with Crippen molar-refractivity contribution in [1.29, 1.82) is 0 Å². The number of likely N-dealkylation sites (tertiary alicyclic amines) is 1. The Balaban J connectivity index is 1.35. The van der Waals surface area contributed by atoms with Crippen LogP contribution in [0.3, 0.4) is 0 Å². The molecule has 1 heterocycles. The molecule has 2 fully saturated rings. The van der Waals surface area contributed by atoms with E-state index in [1.54, 1.807) is 0 Å². The summed E-state index contributed by atoms with van der Waals surface area (Å²) in [6, 6.07) is 11.4. The molecule has 0 aromatic heterocycles. The number of rotatable bonds is 6. The molecule has 114 valence electrons. The third-order valence-corrected chi connectivity index (χ3v) is 4.75. The highest BCUT2D eigenvalue weighted by Crippen LogP contribution is 2.40. The largest absolute Gasteiger partial charge is 0.480 e. The number of benzene rings is 1. The number of aliphatic carboxylic acids is 1. The van der Waals surface area contributed by atoms with E-state index in [2.05, 4.69) is 35.6 Å². The Morgan fingerprint density at radius 2 is 1.95 bits per heavy atom. The molecule has 1 aliphatic carbocycles. The van der Waals surface area contributed by atoms with Crippen LogP contribution in [0.1, 0.15) is 30.7 Å². The molecule has 1 aromatic carbocycles. The maximum Gasteiger partial charge on any atom is 0.317 e. The molecule has 0 bridgehead atoms. The van der Waals surface area contributed by atoms with Crippen LogP contribution in [-0.2, 0) is 4.79 Å². The van der Waals surface area contributed by atoms with E-state index in [4.69, 9.17) is 5.11 Å². The van der Waals surface area contributed by atoms with Crippen molar-refractivity contribution < 1.29 is 9.90 Å². The highest BCUT2D eigenvalue weighted by Gasteiger charge is 2.38. The number of piperidine rings is 1. The van der Waals surface area contributed by atoms with E-state index in [0.29, 0.717) is 17.9 Å². The smallest absolute Gasteiger partial charge is 0.317 e. The molecule has 0 amide bonds. The maximum absolute atomic E-state index is 10.7. The minimum Gasteiger partial charge on any atom is -0.480 e. The van der Waals surface area contributed by atoms with Crippen molar-refractivity contribution in [3.05, 3.63) is 35.9 Å². The van der Waals surface area contributed by atoms with Gasteiger partial charge in [0.05, 0.1) is 6.54 Å². The molecule has 1 saturated heterocycles. The molecule has 21 heavy (non-hydrogen) atoms. The van der Waals surface area contributed by atoms with E-state index in [1.807, 2.05) is 4.90 Å². The summed E-state index contributed by atoms with van der Waals surface area (Å²) < 4.78 is 0. The van der Waals surface area contributed by atoms with E-state index in [-0.39, 0.29) is 6.54 Å². The van der Waals surface area contributed by atoms with Crippen LogP contribution in [0.4, 0.5) is 0 Å². The molecule has 4 heteroatoms. The summed E-state index contributed by atoms with van der Waals surface area (Å²) in [7, 11) is 0. The first-order chi connectivity index (χ1) is 10.2. The van der Waals surface area contributed by atoms with Gasteiger partial charge >= 0.3 is 5.97 Å². The highest BCUT2D eigenvalue weighted by molar-refractivity contribution is 5.69. The predicted molar refractivity (Wildman–Crippen MR) is 82.4 cm³/mol. The lowest BCUT2D eigenvalue weighted by Crippen LogP contribution is -2.40. The second-order valence-corrected chi connectivity index (χ2v) is 6.38. The van der Waals surface area contributed by atoms with Gasteiger partial charge in [-0.3, -0.25) is 9.69 Å². The number of nitrogens with one attached hydrogen (secondary N) is 1. The van der Waals surface area contributed by atoms with Crippen molar-refractivity contribution in [1.82, 2.24) is 10.2 Å². The van der Waals surface area contributed by atoms with Gasteiger partial charge < -0.3 is 10.4 Å². The van der Waals surface area contributed by atoms with Gasteiger partial charge in [0.15, 0.2) is 0 Å². The van der Waals surface area contributed by atoms with E-state index >= 15 is 0 Å². The third-order valence-electron chi connectivity index (χ3n) is 4.75. The molecule has 3 rings (SSSR count). The number of hydrogen-bond acceptors (Lipinski definition) is 3. The van der Waals surface area contributed by atoms with Crippen molar-refractivity contribution in [2.45, 2.75) is 31.2 Å². The number of carboxylic acid groups (broad SMARTS) is 1. The first-order valence-corrected chi connectivity index (χ1v) is 7.95. The van der Waals surface area contributed by atoms with Crippen LogP contribution < -0.4 is 5.32 Å². The molecule has 1 aromatic rings. The molecular formula is C17H24N2O2. The van der Waals surface area contributed by atoms with Gasteiger partial charge in [-0.05, 0) is 50.4 Å². The Morgan fingerprint density at radius 3 is 2.62 bits per heavy atom. The summed E-state index contributed by atoms with van der Waals surface area (Å²) in [6.07, 6.45) is 3.48. The topological polar surface area (TPSA) is 52.6 Å². The van der Waals surface area contributed by atoms with Crippen LogP contribution in [0.2, 0.25) is 0 Å². The summed E-state index contributed by atoms with van der Waals surface area (Å²) in [5.41, 5.74) is 1.45. The Hall–Kier alpha value is -1.39. The number of nitrogens with zero attached hydrogens (tertiary/aromatic N) is 1. The van der Waals surface area contributed by atoms with Crippen molar-refractivity contribution in [2.75, 3.05) is 26.2 Å². The van der Waals surface area contributed by atoms with E-state index in [0.717, 1.165) is 32.5 Å². The van der Waals surface area contributed by atoms with Crippen molar-refractivity contribution in [2.24, 2.45) is 5.92 Å². The molecule has 1 aliphatic heterocycles. The molecule has 2 N–H and O–H groups in total. The van der Waals surface area contributed by atoms with E-state index in [1.165, 1.54) is 12.0 Å². The van der Waals surface area contributed by atoms with Crippen LogP contribution in [0.5, 0.6) is 0 Å². The molecule has 0 spiro atoms. The fourth-order valence-electron chi connectivity index (χ4n) is 3.35. The van der Waals surface area contributed by atoms with E-state index in [9.17, 15) is 4.79 Å². The van der Waals surface area contributed by atoms with Gasteiger partial charge in [0, 0.05) is 12.0 Å². The van der Waals surface area contributed by atoms with Crippen LogP contribution >= 0.6 is 0 Å². The second-order valence-electron chi connectivity index (χ2n) is 6.38. The summed E-state index contributed by atoms with van der Waals surface area (Å²) in [6.45, 7) is 3.12. The molecule has 1 saturated carbocycles. The van der Waals surface area contributed by atoms with Crippen molar-refractivity contribution in [3.63, 3.8) is 0 Å². The molecule has 4 nitrogen and oxygen atoms in total. The average Bonchev–Trinajstić information content (AvgIpc) is 3.27. The maximum atomic E-state index is 10.7. The quantitative estimate of drug-likeness (QED) is 0.840. The van der Waals surface area contributed by atoms with Crippen LogP contribution in [-0.4, -0.2) is 48.2 Å². The van der Waals surface area contributed by atoms with Crippen LogP contribution in [0.25, 0.3) is 0 Å². The number of hydrogen-bond donors (Lipinski definition) is 2. The van der Waals surface area contributed by atoms with Gasteiger partial charge in [-0.15, -0.1) is 0 Å². The zero-order valence-corrected chi connectivity index (χ0v) is 12.4. The minimum atomic E-state index is -0.713. The normalized spacial score (nSPS) is 26.7. The SMILES string of the molecule is O=C(O)CN1CCC(CNC2CC2c2ccccc2)CC1. The minimum absolute atomic E-state index is 0.193. The van der Waals surface area contributed by atoms with Crippen molar-refractivity contribution in [3.8, 4) is 0 Å². The van der Waals surface area contributed by atoms with Crippen LogP contribution in [0.15, 0.2) is 30.3 Å². The van der Waals surface area contributed by atoms with Crippen molar-refractivity contribution >= 4 is 5.97 Å². The average molecular weight is 288 g/mol. The Kier molecular flexibility index (Phi) is 4.56. The first kappa shape index (κ1) is 14.5. The summed E-state index contributed by atoms with van der Waals surface area (Å²) >= 11 is 0. The zero-order valence-electron chi connectivity index (χ0n) is 12.4. The molecule has 0 radical (unpaired) electrons. The van der Waals surface area contributed by atoms with Crippen LogP contribution in [0, 0.1) is 5.92 Å². The first-order valence-electron chi connectivity index (χ1n) is 7.95. The Bertz CT molecular complexity index is 469. The van der Waals surface area contributed by atoms with Gasteiger partial charge in [-0.1, -0.05) is 30.3 Å². The van der Waals surface area contributed by atoms with Gasteiger partial charge in [0.1, 0.15) is 0 Å². The number of carboxylic acids is 1.